The van der Waals surface area contributed by atoms with Crippen molar-refractivity contribution in [2.45, 2.75) is 52.4 Å². The van der Waals surface area contributed by atoms with Gasteiger partial charge in [0.25, 0.3) is 0 Å². The minimum atomic E-state index is 0.0349. The van der Waals surface area contributed by atoms with Crippen molar-refractivity contribution in [1.82, 2.24) is 0 Å². The van der Waals surface area contributed by atoms with Crippen molar-refractivity contribution in [2.24, 2.45) is 0 Å². The summed E-state index contributed by atoms with van der Waals surface area (Å²) in [4.78, 5) is 12.3. The highest BCUT2D eigenvalue weighted by Crippen LogP contribution is 2.24. The Morgan fingerprint density at radius 2 is 1.89 bits per heavy atom. The number of hydrogen-bond acceptors (Lipinski definition) is 1. The van der Waals surface area contributed by atoms with Crippen LogP contribution < -0.4 is 0 Å². The zero-order chi connectivity index (χ0) is 13.4. The second kappa shape index (κ2) is 7.86. The average molecular weight is 244 g/mol. The Bertz CT molecular complexity index is 385. The molecule has 1 unspecified atom stereocenters. The molecule has 0 radical (unpaired) electrons. The first-order chi connectivity index (χ1) is 8.65. The third-order valence-electron chi connectivity index (χ3n) is 3.13. The van der Waals surface area contributed by atoms with Gasteiger partial charge in [-0.05, 0) is 32.3 Å². The molecule has 98 valence electrons. The van der Waals surface area contributed by atoms with E-state index in [1.807, 2.05) is 18.2 Å². The lowest BCUT2D eigenvalue weighted by molar-refractivity contribution is -0.120. The molecular formula is C17H24O. The molecule has 0 aliphatic rings. The molecule has 1 atom stereocenters. The number of ketones is 1. The maximum atomic E-state index is 12.3. The van der Waals surface area contributed by atoms with E-state index < -0.39 is 0 Å². The minimum Gasteiger partial charge on any atom is -0.299 e. The molecule has 0 saturated heterocycles. The largest absolute Gasteiger partial charge is 0.299 e. The van der Waals surface area contributed by atoms with E-state index in [4.69, 9.17) is 0 Å². The first-order valence-corrected chi connectivity index (χ1v) is 6.86. The number of Topliss-reactive ketones (excluding diaryl/α,β-unsaturated/α-hetero) is 1. The van der Waals surface area contributed by atoms with Crippen molar-refractivity contribution in [3.63, 3.8) is 0 Å². The van der Waals surface area contributed by atoms with E-state index in [-0.39, 0.29) is 5.92 Å². The molecule has 1 heteroatoms. The van der Waals surface area contributed by atoms with E-state index in [1.165, 1.54) is 5.57 Å². The van der Waals surface area contributed by atoms with Gasteiger partial charge in [0, 0.05) is 12.3 Å². The molecule has 1 rings (SSSR count). The van der Waals surface area contributed by atoms with E-state index >= 15 is 0 Å². The van der Waals surface area contributed by atoms with Gasteiger partial charge in [0.2, 0.25) is 0 Å². The monoisotopic (exact) mass is 244 g/mol. The lowest BCUT2D eigenvalue weighted by Crippen LogP contribution is -2.12. The van der Waals surface area contributed by atoms with E-state index in [1.54, 1.807) is 0 Å². The fraction of sp³-hybridized carbons (Fsp3) is 0.471. The van der Waals surface area contributed by atoms with E-state index in [0.717, 1.165) is 24.8 Å². The number of carbonyl (C=O) groups excluding carboxylic acids is 1. The summed E-state index contributed by atoms with van der Waals surface area (Å²) in [6.45, 7) is 6.29. The Labute approximate surface area is 111 Å². The summed E-state index contributed by atoms with van der Waals surface area (Å²) >= 11 is 0. The highest BCUT2D eigenvalue weighted by Gasteiger charge is 2.18. The van der Waals surface area contributed by atoms with Crippen LogP contribution in [0.4, 0.5) is 0 Å². The van der Waals surface area contributed by atoms with Gasteiger partial charge in [0.15, 0.2) is 0 Å². The molecule has 0 amide bonds. The first-order valence-electron chi connectivity index (χ1n) is 6.86. The standard InChI is InChI=1S/C17H24O/c1-4-5-11-17(18)16(13-12-14(2)3)15-9-7-6-8-10-15/h6-10,12,16H,4-5,11,13H2,1-3H3. The molecule has 0 aliphatic carbocycles. The topological polar surface area (TPSA) is 17.1 Å². The van der Waals surface area contributed by atoms with Gasteiger partial charge in [-0.1, -0.05) is 55.3 Å². The fourth-order valence-electron chi connectivity index (χ4n) is 2.02. The van der Waals surface area contributed by atoms with Crippen LogP contribution in [0.15, 0.2) is 42.0 Å². The van der Waals surface area contributed by atoms with Gasteiger partial charge < -0.3 is 0 Å². The van der Waals surface area contributed by atoms with Crippen LogP contribution in [-0.4, -0.2) is 5.78 Å². The summed E-state index contributed by atoms with van der Waals surface area (Å²) in [5, 5.41) is 0. The highest BCUT2D eigenvalue weighted by molar-refractivity contribution is 5.85. The summed E-state index contributed by atoms with van der Waals surface area (Å²) in [7, 11) is 0. The van der Waals surface area contributed by atoms with E-state index in [9.17, 15) is 4.79 Å². The second-order valence-corrected chi connectivity index (χ2v) is 5.05. The van der Waals surface area contributed by atoms with E-state index in [0.29, 0.717) is 12.2 Å². The third kappa shape index (κ3) is 4.87. The van der Waals surface area contributed by atoms with Crippen molar-refractivity contribution < 1.29 is 4.79 Å². The lowest BCUT2D eigenvalue weighted by Gasteiger charge is -2.14. The summed E-state index contributed by atoms with van der Waals surface area (Å²) < 4.78 is 0. The molecular weight excluding hydrogens is 220 g/mol. The van der Waals surface area contributed by atoms with Crippen molar-refractivity contribution in [3.8, 4) is 0 Å². The third-order valence-corrected chi connectivity index (χ3v) is 3.13. The molecule has 18 heavy (non-hydrogen) atoms. The zero-order valence-corrected chi connectivity index (χ0v) is 11.8. The zero-order valence-electron chi connectivity index (χ0n) is 11.8. The van der Waals surface area contributed by atoms with Crippen LogP contribution in [0.25, 0.3) is 0 Å². The SMILES string of the molecule is CCCCC(=O)C(CC=C(C)C)c1ccccc1. The first kappa shape index (κ1) is 14.7. The maximum absolute atomic E-state index is 12.3. The molecule has 0 aromatic heterocycles. The Morgan fingerprint density at radius 1 is 1.22 bits per heavy atom. The highest BCUT2D eigenvalue weighted by atomic mass is 16.1. The molecule has 0 fully saturated rings. The van der Waals surface area contributed by atoms with Crippen LogP contribution >= 0.6 is 0 Å². The van der Waals surface area contributed by atoms with Crippen LogP contribution in [-0.2, 0) is 4.79 Å². The number of carbonyl (C=O) groups is 1. The minimum absolute atomic E-state index is 0.0349. The molecule has 0 N–H and O–H groups in total. The van der Waals surface area contributed by atoms with Gasteiger partial charge in [-0.2, -0.15) is 0 Å². The molecule has 0 bridgehead atoms. The molecule has 0 heterocycles. The number of hydrogen-bond donors (Lipinski definition) is 0. The predicted octanol–water partition coefficient (Wildman–Crippen LogP) is 4.89. The number of unbranched alkanes of at least 4 members (excludes halogenated alkanes) is 1. The van der Waals surface area contributed by atoms with Gasteiger partial charge in [-0.25, -0.2) is 0 Å². The Hall–Kier alpha value is -1.37. The van der Waals surface area contributed by atoms with Crippen LogP contribution in [0.2, 0.25) is 0 Å². The Balaban J connectivity index is 2.81. The van der Waals surface area contributed by atoms with Crippen molar-refractivity contribution >= 4 is 5.78 Å². The van der Waals surface area contributed by atoms with Crippen LogP contribution in [0.3, 0.4) is 0 Å². The molecule has 1 nitrogen and oxygen atoms in total. The normalized spacial score (nSPS) is 11.9. The molecule has 1 aromatic rings. The van der Waals surface area contributed by atoms with Crippen molar-refractivity contribution in [3.05, 3.63) is 47.5 Å². The molecule has 0 spiro atoms. The fourth-order valence-corrected chi connectivity index (χ4v) is 2.02. The number of rotatable bonds is 7. The van der Waals surface area contributed by atoms with Crippen LogP contribution in [0.5, 0.6) is 0 Å². The number of benzene rings is 1. The summed E-state index contributed by atoms with van der Waals surface area (Å²) in [5.74, 6) is 0.410. The average Bonchev–Trinajstić information content (AvgIpc) is 2.37. The Morgan fingerprint density at radius 3 is 2.44 bits per heavy atom. The Kier molecular flexibility index (Phi) is 6.42. The van der Waals surface area contributed by atoms with Gasteiger partial charge in [-0.15, -0.1) is 0 Å². The van der Waals surface area contributed by atoms with E-state index in [2.05, 4.69) is 39.0 Å². The smallest absolute Gasteiger partial charge is 0.140 e. The number of allylic oxidation sites excluding steroid dienone is 2. The van der Waals surface area contributed by atoms with Crippen LogP contribution in [0.1, 0.15) is 57.9 Å². The maximum Gasteiger partial charge on any atom is 0.140 e. The van der Waals surface area contributed by atoms with Crippen molar-refractivity contribution in [2.75, 3.05) is 0 Å². The molecule has 0 aliphatic heterocycles. The van der Waals surface area contributed by atoms with Gasteiger partial charge in [0.1, 0.15) is 5.78 Å². The summed E-state index contributed by atoms with van der Waals surface area (Å²) in [6, 6.07) is 10.1. The van der Waals surface area contributed by atoms with Crippen LogP contribution in [0, 0.1) is 0 Å². The molecule has 0 saturated carbocycles. The van der Waals surface area contributed by atoms with Gasteiger partial charge >= 0.3 is 0 Å². The van der Waals surface area contributed by atoms with Gasteiger partial charge in [0.05, 0.1) is 0 Å². The summed E-state index contributed by atoms with van der Waals surface area (Å²) in [5.41, 5.74) is 2.43. The summed E-state index contributed by atoms with van der Waals surface area (Å²) in [6.07, 6.45) is 5.77. The quantitative estimate of drug-likeness (QED) is 0.624. The lowest BCUT2D eigenvalue weighted by atomic mass is 9.88. The van der Waals surface area contributed by atoms with Gasteiger partial charge in [-0.3, -0.25) is 4.79 Å². The van der Waals surface area contributed by atoms with Crippen molar-refractivity contribution in [1.29, 1.82) is 0 Å². The predicted molar refractivity (Wildman–Crippen MR) is 77.8 cm³/mol. The second-order valence-electron chi connectivity index (χ2n) is 5.05. The molecule has 1 aromatic carbocycles.